The number of fused-ring (bicyclic) bond motifs is 2. The van der Waals surface area contributed by atoms with Crippen LogP contribution in [0.4, 0.5) is 4.39 Å². The maximum Gasteiger partial charge on any atom is 0.230 e. The Hall–Kier alpha value is -2.36. The summed E-state index contributed by atoms with van der Waals surface area (Å²) < 4.78 is 18.8. The second-order valence-electron chi connectivity index (χ2n) is 6.21. The van der Waals surface area contributed by atoms with Crippen molar-refractivity contribution in [2.24, 2.45) is 0 Å². The zero-order valence-corrected chi connectivity index (χ0v) is 13.0. The lowest BCUT2D eigenvalue weighted by Crippen LogP contribution is -2.42. The molecule has 4 heteroatoms. The Morgan fingerprint density at radius 1 is 1.26 bits per heavy atom. The van der Waals surface area contributed by atoms with Crippen molar-refractivity contribution >= 4 is 5.91 Å². The molecule has 0 fully saturated rings. The highest BCUT2D eigenvalue weighted by atomic mass is 19.1. The van der Waals surface area contributed by atoms with Crippen LogP contribution in [0, 0.1) is 5.82 Å². The third-order valence-electron chi connectivity index (χ3n) is 4.97. The van der Waals surface area contributed by atoms with Crippen molar-refractivity contribution in [3.8, 4) is 5.75 Å². The Bertz CT molecular complexity index is 773. The molecule has 118 valence electrons. The first-order chi connectivity index (χ1) is 11.2. The molecule has 1 amide bonds. The van der Waals surface area contributed by atoms with E-state index in [1.165, 1.54) is 17.7 Å². The summed E-state index contributed by atoms with van der Waals surface area (Å²) in [5, 5.41) is 0. The minimum atomic E-state index is -0.271. The predicted molar refractivity (Wildman–Crippen MR) is 85.0 cm³/mol. The van der Waals surface area contributed by atoms with E-state index in [0.29, 0.717) is 19.5 Å². The number of carbonyl (C=O) groups excluding carboxylic acids is 1. The van der Waals surface area contributed by atoms with Gasteiger partial charge in [-0.2, -0.15) is 0 Å². The molecule has 1 heterocycles. The molecule has 4 rings (SSSR count). The van der Waals surface area contributed by atoms with Gasteiger partial charge < -0.3 is 9.64 Å². The van der Waals surface area contributed by atoms with Crippen LogP contribution in [0.2, 0.25) is 0 Å². The maximum absolute atomic E-state index is 13.4. The molecule has 0 spiro atoms. The van der Waals surface area contributed by atoms with Crippen LogP contribution >= 0.6 is 0 Å². The van der Waals surface area contributed by atoms with Crippen LogP contribution in [-0.2, 0) is 24.2 Å². The third kappa shape index (κ3) is 2.29. The zero-order chi connectivity index (χ0) is 16.0. The smallest absolute Gasteiger partial charge is 0.230 e. The number of hydrogen-bond donors (Lipinski definition) is 0. The number of benzene rings is 2. The fourth-order valence-electron chi connectivity index (χ4n) is 3.65. The standard InChI is InChI=1S/C19H18FNO2/c1-23-18-4-2-3-12-7-8-21(11-17(12)18)19(22)16-9-13-5-6-14(20)10-15(13)16/h2-6,10,16H,7-9,11H2,1H3. The highest BCUT2D eigenvalue weighted by Crippen LogP contribution is 2.38. The van der Waals surface area contributed by atoms with Gasteiger partial charge in [0.2, 0.25) is 5.91 Å². The first-order valence-electron chi connectivity index (χ1n) is 7.89. The van der Waals surface area contributed by atoms with Crippen LogP contribution in [-0.4, -0.2) is 24.5 Å². The minimum Gasteiger partial charge on any atom is -0.496 e. The SMILES string of the molecule is COc1cccc2c1CN(C(=O)C1Cc3ccc(F)cc31)CC2. The number of ether oxygens (including phenoxy) is 1. The molecule has 23 heavy (non-hydrogen) atoms. The lowest BCUT2D eigenvalue weighted by molar-refractivity contribution is -0.134. The van der Waals surface area contributed by atoms with Gasteiger partial charge in [-0.25, -0.2) is 4.39 Å². The van der Waals surface area contributed by atoms with Crippen LogP contribution in [0.1, 0.15) is 28.2 Å². The molecule has 2 aromatic rings. The molecule has 0 saturated carbocycles. The fraction of sp³-hybridized carbons (Fsp3) is 0.316. The molecule has 3 nitrogen and oxygen atoms in total. The molecule has 0 radical (unpaired) electrons. The van der Waals surface area contributed by atoms with E-state index in [1.54, 1.807) is 13.2 Å². The monoisotopic (exact) mass is 311 g/mol. The maximum atomic E-state index is 13.4. The largest absolute Gasteiger partial charge is 0.496 e. The summed E-state index contributed by atoms with van der Waals surface area (Å²) in [7, 11) is 1.65. The summed E-state index contributed by atoms with van der Waals surface area (Å²) in [5.74, 6) is 0.462. The molecule has 1 aliphatic carbocycles. The number of carbonyl (C=O) groups is 1. The van der Waals surface area contributed by atoms with Gasteiger partial charge in [0, 0.05) is 18.7 Å². The lowest BCUT2D eigenvalue weighted by atomic mass is 9.76. The van der Waals surface area contributed by atoms with Crippen LogP contribution in [0.3, 0.4) is 0 Å². The Morgan fingerprint density at radius 2 is 2.13 bits per heavy atom. The van der Waals surface area contributed by atoms with Crippen molar-refractivity contribution in [1.29, 1.82) is 0 Å². The molecule has 0 bridgehead atoms. The molecule has 2 aromatic carbocycles. The van der Waals surface area contributed by atoms with Gasteiger partial charge in [0.15, 0.2) is 0 Å². The topological polar surface area (TPSA) is 29.5 Å². The molecule has 0 N–H and O–H groups in total. The van der Waals surface area contributed by atoms with Crippen molar-refractivity contribution < 1.29 is 13.9 Å². The molecule has 0 saturated heterocycles. The lowest BCUT2D eigenvalue weighted by Gasteiger charge is -2.36. The second-order valence-corrected chi connectivity index (χ2v) is 6.21. The average Bonchev–Trinajstić information content (AvgIpc) is 2.56. The molecule has 2 aliphatic rings. The summed E-state index contributed by atoms with van der Waals surface area (Å²) >= 11 is 0. The van der Waals surface area contributed by atoms with Crippen LogP contribution in [0.15, 0.2) is 36.4 Å². The van der Waals surface area contributed by atoms with Gasteiger partial charge in [0.05, 0.1) is 13.0 Å². The average molecular weight is 311 g/mol. The second kappa shape index (κ2) is 5.37. The Balaban J connectivity index is 1.57. The van der Waals surface area contributed by atoms with Gasteiger partial charge in [0.25, 0.3) is 0 Å². The van der Waals surface area contributed by atoms with Crippen LogP contribution in [0.25, 0.3) is 0 Å². The van der Waals surface area contributed by atoms with E-state index < -0.39 is 0 Å². The third-order valence-corrected chi connectivity index (χ3v) is 4.97. The van der Waals surface area contributed by atoms with E-state index in [2.05, 4.69) is 6.07 Å². The predicted octanol–water partition coefficient (Wildman–Crippen LogP) is 3.06. The van der Waals surface area contributed by atoms with E-state index in [1.807, 2.05) is 17.0 Å². The van der Waals surface area contributed by atoms with E-state index in [-0.39, 0.29) is 17.6 Å². The highest BCUT2D eigenvalue weighted by molar-refractivity contribution is 5.87. The highest BCUT2D eigenvalue weighted by Gasteiger charge is 2.36. The molecule has 0 aromatic heterocycles. The fourth-order valence-corrected chi connectivity index (χ4v) is 3.65. The Kier molecular flexibility index (Phi) is 3.33. The Morgan fingerprint density at radius 3 is 2.96 bits per heavy atom. The minimum absolute atomic E-state index is 0.0969. The van der Waals surface area contributed by atoms with Gasteiger partial charge >= 0.3 is 0 Å². The van der Waals surface area contributed by atoms with Crippen LogP contribution < -0.4 is 4.74 Å². The summed E-state index contributed by atoms with van der Waals surface area (Å²) in [5.41, 5.74) is 4.27. The van der Waals surface area contributed by atoms with Crippen molar-refractivity contribution in [2.75, 3.05) is 13.7 Å². The van der Waals surface area contributed by atoms with E-state index >= 15 is 0 Å². The zero-order valence-electron chi connectivity index (χ0n) is 13.0. The quantitative estimate of drug-likeness (QED) is 0.853. The first kappa shape index (κ1) is 14.2. The number of rotatable bonds is 2. The van der Waals surface area contributed by atoms with Crippen molar-refractivity contribution in [3.05, 3.63) is 64.5 Å². The number of amides is 1. The van der Waals surface area contributed by atoms with Crippen LogP contribution in [0.5, 0.6) is 5.75 Å². The van der Waals surface area contributed by atoms with E-state index in [4.69, 9.17) is 4.74 Å². The van der Waals surface area contributed by atoms with Crippen molar-refractivity contribution in [2.45, 2.75) is 25.3 Å². The summed E-state index contributed by atoms with van der Waals surface area (Å²) in [6, 6.07) is 10.7. The normalized spacial score (nSPS) is 18.7. The van der Waals surface area contributed by atoms with Gasteiger partial charge in [-0.1, -0.05) is 18.2 Å². The number of nitrogens with zero attached hydrogens (tertiary/aromatic N) is 1. The number of methoxy groups -OCH3 is 1. The first-order valence-corrected chi connectivity index (χ1v) is 7.89. The van der Waals surface area contributed by atoms with E-state index in [0.717, 1.165) is 28.9 Å². The molecular formula is C19H18FNO2. The van der Waals surface area contributed by atoms with Gasteiger partial charge in [-0.15, -0.1) is 0 Å². The van der Waals surface area contributed by atoms with Gasteiger partial charge in [-0.3, -0.25) is 4.79 Å². The number of halogens is 1. The van der Waals surface area contributed by atoms with Gasteiger partial charge in [-0.05, 0) is 47.7 Å². The Labute approximate surface area is 134 Å². The number of hydrogen-bond acceptors (Lipinski definition) is 2. The molecule has 1 atom stereocenters. The van der Waals surface area contributed by atoms with Crippen molar-refractivity contribution in [1.82, 2.24) is 4.90 Å². The summed E-state index contributed by atoms with van der Waals surface area (Å²) in [4.78, 5) is 14.7. The molecule has 1 aliphatic heterocycles. The summed E-state index contributed by atoms with van der Waals surface area (Å²) in [6.45, 7) is 1.28. The van der Waals surface area contributed by atoms with E-state index in [9.17, 15) is 9.18 Å². The molecular weight excluding hydrogens is 293 g/mol. The molecule has 1 unspecified atom stereocenters. The van der Waals surface area contributed by atoms with Gasteiger partial charge in [0.1, 0.15) is 11.6 Å². The van der Waals surface area contributed by atoms with Crippen molar-refractivity contribution in [3.63, 3.8) is 0 Å². The summed E-state index contributed by atoms with van der Waals surface area (Å²) in [6.07, 6.45) is 1.55.